The summed E-state index contributed by atoms with van der Waals surface area (Å²) in [5.74, 6) is 0.976. The summed E-state index contributed by atoms with van der Waals surface area (Å²) < 4.78 is 16.1. The number of anilines is 2. The van der Waals surface area contributed by atoms with Crippen LogP contribution in [0, 0.1) is 0 Å². The number of carbonyl (C=O) groups excluding carboxylic acids is 2. The van der Waals surface area contributed by atoms with Crippen LogP contribution >= 0.6 is 0 Å². The zero-order valence-electron chi connectivity index (χ0n) is 18.6. The highest BCUT2D eigenvalue weighted by molar-refractivity contribution is 6.06. The Morgan fingerprint density at radius 1 is 0.909 bits per heavy atom. The van der Waals surface area contributed by atoms with E-state index in [9.17, 15) is 9.59 Å². The van der Waals surface area contributed by atoms with Gasteiger partial charge in [0.15, 0.2) is 0 Å². The molecule has 0 aliphatic carbocycles. The number of carbonyl (C=O) groups is 2. The number of ether oxygens (including phenoxy) is 3. The van der Waals surface area contributed by atoms with Crippen LogP contribution in [0.5, 0.6) is 11.5 Å². The minimum atomic E-state index is -0.432. The molecule has 0 bridgehead atoms. The molecule has 2 amide bonds. The first kappa shape index (κ1) is 22.4. The lowest BCUT2D eigenvalue weighted by molar-refractivity contribution is -0.124. The van der Waals surface area contributed by atoms with Gasteiger partial charge in [0.05, 0.1) is 14.2 Å². The van der Waals surface area contributed by atoms with E-state index >= 15 is 0 Å². The van der Waals surface area contributed by atoms with Crippen LogP contribution in [0.25, 0.3) is 11.1 Å². The maximum Gasteiger partial charge on any atom is 0.255 e. The summed E-state index contributed by atoms with van der Waals surface area (Å²) in [4.78, 5) is 25.2. The summed E-state index contributed by atoms with van der Waals surface area (Å²) in [6.45, 7) is 0.598. The van der Waals surface area contributed by atoms with E-state index < -0.39 is 6.10 Å². The first-order chi connectivity index (χ1) is 16.1. The van der Waals surface area contributed by atoms with Crippen molar-refractivity contribution in [1.82, 2.24) is 0 Å². The lowest BCUT2D eigenvalue weighted by Gasteiger charge is -2.13. The highest BCUT2D eigenvalue weighted by atomic mass is 16.5. The van der Waals surface area contributed by atoms with Gasteiger partial charge in [0.2, 0.25) is 0 Å². The second-order valence-corrected chi connectivity index (χ2v) is 7.67. The van der Waals surface area contributed by atoms with Gasteiger partial charge in [-0.25, -0.2) is 0 Å². The maximum absolute atomic E-state index is 12.9. The van der Waals surface area contributed by atoms with Gasteiger partial charge >= 0.3 is 0 Å². The monoisotopic (exact) mass is 446 g/mol. The van der Waals surface area contributed by atoms with Crippen LogP contribution in [0.1, 0.15) is 23.2 Å². The molecule has 1 heterocycles. The van der Waals surface area contributed by atoms with Crippen LogP contribution in [-0.2, 0) is 9.53 Å². The normalized spacial score (nSPS) is 15.0. The first-order valence-corrected chi connectivity index (χ1v) is 10.7. The van der Waals surface area contributed by atoms with Crippen LogP contribution in [0.3, 0.4) is 0 Å². The molecule has 2 N–H and O–H groups in total. The quantitative estimate of drug-likeness (QED) is 0.548. The van der Waals surface area contributed by atoms with E-state index in [1.54, 1.807) is 44.6 Å². The van der Waals surface area contributed by atoms with Crippen LogP contribution in [0.4, 0.5) is 11.4 Å². The predicted octanol–water partition coefficient (Wildman–Crippen LogP) is 4.74. The Kier molecular flexibility index (Phi) is 6.90. The molecule has 3 aromatic rings. The number of benzene rings is 3. The van der Waals surface area contributed by atoms with Gasteiger partial charge in [-0.15, -0.1) is 0 Å². The summed E-state index contributed by atoms with van der Waals surface area (Å²) >= 11 is 0. The van der Waals surface area contributed by atoms with E-state index in [4.69, 9.17) is 14.2 Å². The Morgan fingerprint density at radius 3 is 2.39 bits per heavy atom. The Morgan fingerprint density at radius 2 is 1.70 bits per heavy atom. The smallest absolute Gasteiger partial charge is 0.255 e. The average Bonchev–Trinajstić information content (AvgIpc) is 3.39. The van der Waals surface area contributed by atoms with E-state index in [1.165, 1.54) is 0 Å². The molecule has 1 fully saturated rings. The fourth-order valence-electron chi connectivity index (χ4n) is 3.73. The molecule has 1 aliphatic heterocycles. The van der Waals surface area contributed by atoms with Crippen molar-refractivity contribution in [2.75, 3.05) is 31.5 Å². The van der Waals surface area contributed by atoms with Gasteiger partial charge in [-0.2, -0.15) is 0 Å². The molecule has 1 saturated heterocycles. The van der Waals surface area contributed by atoms with Crippen molar-refractivity contribution < 1.29 is 23.8 Å². The largest absolute Gasteiger partial charge is 0.497 e. The number of nitrogens with one attached hydrogen (secondary N) is 2. The average molecular weight is 447 g/mol. The number of hydrogen-bond acceptors (Lipinski definition) is 5. The molecule has 4 rings (SSSR count). The fourth-order valence-corrected chi connectivity index (χ4v) is 3.73. The van der Waals surface area contributed by atoms with Gasteiger partial charge in [0.1, 0.15) is 17.6 Å². The number of methoxy groups -OCH3 is 2. The molecule has 7 nitrogen and oxygen atoms in total. The molecular weight excluding hydrogens is 420 g/mol. The third-order valence-electron chi connectivity index (χ3n) is 5.47. The summed E-state index contributed by atoms with van der Waals surface area (Å²) in [5, 5.41) is 5.75. The lowest BCUT2D eigenvalue weighted by Crippen LogP contribution is -2.27. The highest BCUT2D eigenvalue weighted by Gasteiger charge is 2.23. The second-order valence-electron chi connectivity index (χ2n) is 7.67. The molecule has 0 spiro atoms. The lowest BCUT2D eigenvalue weighted by atomic mass is 10.0. The fraction of sp³-hybridized carbons (Fsp3) is 0.231. The summed E-state index contributed by atoms with van der Waals surface area (Å²) in [6, 6.07) is 19.9. The van der Waals surface area contributed by atoms with Gasteiger partial charge in [-0.1, -0.05) is 18.2 Å². The molecular formula is C26H26N2O5. The van der Waals surface area contributed by atoms with Gasteiger partial charge in [-0.05, 0) is 66.9 Å². The van der Waals surface area contributed by atoms with Crippen molar-refractivity contribution in [1.29, 1.82) is 0 Å². The Labute approximate surface area is 192 Å². The molecule has 1 aliphatic rings. The number of hydrogen-bond donors (Lipinski definition) is 2. The molecule has 3 aromatic carbocycles. The molecule has 0 saturated carbocycles. The molecule has 33 heavy (non-hydrogen) atoms. The van der Waals surface area contributed by atoms with Gasteiger partial charge < -0.3 is 24.8 Å². The van der Waals surface area contributed by atoms with Gasteiger partial charge in [-0.3, -0.25) is 9.59 Å². The minimum Gasteiger partial charge on any atom is -0.497 e. The second kappa shape index (κ2) is 10.2. The molecule has 0 unspecified atom stereocenters. The van der Waals surface area contributed by atoms with E-state index in [2.05, 4.69) is 10.6 Å². The standard InChI is InChI=1S/C26H26N2O5/c1-31-21-11-8-17(9-12-21)22-16-20(10-13-23(22)32-2)27-25(29)18-5-3-6-19(15-18)28-26(30)24-7-4-14-33-24/h3,5-6,8-13,15-16,24H,4,7,14H2,1-2H3,(H,27,29)(H,28,30)/t24-/m0/s1. The SMILES string of the molecule is COc1ccc(-c2cc(NC(=O)c3cccc(NC(=O)[C@@H]4CCCO4)c3)ccc2OC)cc1. The maximum atomic E-state index is 12.9. The molecule has 7 heteroatoms. The van der Waals surface area contributed by atoms with Crippen molar-refractivity contribution >= 4 is 23.2 Å². The number of rotatable bonds is 7. The molecule has 170 valence electrons. The van der Waals surface area contributed by atoms with E-state index in [0.717, 1.165) is 23.3 Å². The predicted molar refractivity (Wildman–Crippen MR) is 127 cm³/mol. The van der Waals surface area contributed by atoms with E-state index in [-0.39, 0.29) is 11.8 Å². The molecule has 0 aromatic heterocycles. The minimum absolute atomic E-state index is 0.190. The Bertz CT molecular complexity index is 1140. The van der Waals surface area contributed by atoms with Gasteiger partial charge in [0.25, 0.3) is 11.8 Å². The van der Waals surface area contributed by atoms with Crippen LogP contribution < -0.4 is 20.1 Å². The van der Waals surface area contributed by atoms with E-state index in [1.807, 2.05) is 36.4 Å². The third-order valence-corrected chi connectivity index (χ3v) is 5.47. The van der Waals surface area contributed by atoms with E-state index in [0.29, 0.717) is 35.7 Å². The molecule has 0 radical (unpaired) electrons. The summed E-state index contributed by atoms with van der Waals surface area (Å²) in [7, 11) is 3.23. The third kappa shape index (κ3) is 5.32. The van der Waals surface area contributed by atoms with Crippen LogP contribution in [0.15, 0.2) is 66.7 Å². The highest BCUT2D eigenvalue weighted by Crippen LogP contribution is 2.33. The zero-order chi connectivity index (χ0) is 23.2. The number of amides is 2. The molecule has 1 atom stereocenters. The van der Waals surface area contributed by atoms with Crippen molar-refractivity contribution in [2.24, 2.45) is 0 Å². The summed E-state index contributed by atoms with van der Waals surface area (Å²) in [5.41, 5.74) is 3.39. The van der Waals surface area contributed by atoms with Crippen molar-refractivity contribution in [3.05, 3.63) is 72.3 Å². The van der Waals surface area contributed by atoms with Crippen molar-refractivity contribution in [2.45, 2.75) is 18.9 Å². The van der Waals surface area contributed by atoms with Crippen LogP contribution in [-0.4, -0.2) is 38.7 Å². The zero-order valence-corrected chi connectivity index (χ0v) is 18.6. The van der Waals surface area contributed by atoms with Crippen LogP contribution in [0.2, 0.25) is 0 Å². The van der Waals surface area contributed by atoms with Crippen molar-refractivity contribution in [3.63, 3.8) is 0 Å². The first-order valence-electron chi connectivity index (χ1n) is 10.7. The summed E-state index contributed by atoms with van der Waals surface area (Å²) in [6.07, 6.45) is 1.15. The van der Waals surface area contributed by atoms with Crippen molar-refractivity contribution in [3.8, 4) is 22.6 Å². The Hall–Kier alpha value is -3.84. The topological polar surface area (TPSA) is 85.9 Å². The Balaban J connectivity index is 1.50. The van der Waals surface area contributed by atoms with Gasteiger partial charge in [0, 0.05) is 29.1 Å².